The monoisotopic (exact) mass is 234 g/mol. The van der Waals surface area contributed by atoms with Gasteiger partial charge < -0.3 is 9.84 Å². The van der Waals surface area contributed by atoms with Gasteiger partial charge in [0.2, 0.25) is 0 Å². The standard InChI is InChI=1S/C7H8O2.2CO.Mn/c1-9-7(8)6-4-2-3-5-6;2*1-2;/h2-5,8H,1H3;;;/p-1. The third-order valence-corrected chi connectivity index (χ3v) is 1.08. The first kappa shape index (κ1) is 18.6. The average Bonchev–Trinajstić information content (AvgIpc) is 2.76. The predicted molar refractivity (Wildman–Crippen MR) is 40.2 cm³/mol. The van der Waals surface area contributed by atoms with Gasteiger partial charge in [-0.2, -0.15) is 0 Å². The van der Waals surface area contributed by atoms with Crippen molar-refractivity contribution < 1.29 is 36.2 Å². The van der Waals surface area contributed by atoms with E-state index < -0.39 is 0 Å². The largest absolute Gasteiger partial charge is 0 e. The minimum absolute atomic E-state index is 0. The number of ether oxygens (including phenoxy) is 1. The van der Waals surface area contributed by atoms with Crippen molar-refractivity contribution in [2.75, 3.05) is 7.11 Å². The van der Waals surface area contributed by atoms with E-state index in [1.807, 2.05) is 0 Å². The summed E-state index contributed by atoms with van der Waals surface area (Å²) in [6.45, 7) is 9.00. The molecule has 1 aliphatic rings. The molecule has 0 bridgehead atoms. The van der Waals surface area contributed by atoms with Gasteiger partial charge in [0.15, 0.2) is 0 Å². The molecule has 0 aromatic carbocycles. The second-order valence-electron chi connectivity index (χ2n) is 1.67. The molecule has 0 aromatic rings. The molecular formula is C9H7MnO4-. The molecule has 1 radical (unpaired) electrons. The molecule has 0 atom stereocenters. The van der Waals surface area contributed by atoms with E-state index in [0.29, 0.717) is 5.57 Å². The molecule has 5 heteroatoms. The van der Waals surface area contributed by atoms with E-state index in [-0.39, 0.29) is 23.0 Å². The Hall–Kier alpha value is -1.18. The minimum atomic E-state index is -0.278. The number of methoxy groups -OCH3 is 1. The fraction of sp³-hybridized carbons (Fsp3) is 0.111. The Morgan fingerprint density at radius 1 is 1.21 bits per heavy atom. The van der Waals surface area contributed by atoms with Gasteiger partial charge >= 0.3 is 22.6 Å². The third kappa shape index (κ3) is 7.47. The summed E-state index contributed by atoms with van der Waals surface area (Å²) in [6.07, 6.45) is 7.02. The first-order valence-electron chi connectivity index (χ1n) is 3.05. The van der Waals surface area contributed by atoms with Crippen LogP contribution in [0.4, 0.5) is 0 Å². The summed E-state index contributed by atoms with van der Waals surface area (Å²) in [6, 6.07) is 0. The fourth-order valence-electron chi connectivity index (χ4n) is 0.628. The average molecular weight is 234 g/mol. The Morgan fingerprint density at radius 3 is 1.86 bits per heavy atom. The molecule has 0 heterocycles. The Kier molecular flexibility index (Phi) is 19.0. The topological polar surface area (TPSA) is 72.1 Å². The second-order valence-corrected chi connectivity index (χ2v) is 1.67. The zero-order valence-corrected chi connectivity index (χ0v) is 8.50. The van der Waals surface area contributed by atoms with Crippen molar-refractivity contribution in [1.29, 1.82) is 0 Å². The summed E-state index contributed by atoms with van der Waals surface area (Å²) >= 11 is 0. The first-order valence-corrected chi connectivity index (χ1v) is 3.05. The zero-order valence-electron chi connectivity index (χ0n) is 7.32. The van der Waals surface area contributed by atoms with Crippen LogP contribution in [-0.4, -0.2) is 7.11 Å². The van der Waals surface area contributed by atoms with Gasteiger partial charge in [-0.15, -0.1) is 0 Å². The fourth-order valence-corrected chi connectivity index (χ4v) is 0.628. The Labute approximate surface area is 92.9 Å². The molecule has 75 valence electrons. The summed E-state index contributed by atoms with van der Waals surface area (Å²) < 4.78 is 19.5. The van der Waals surface area contributed by atoms with Crippen molar-refractivity contribution >= 4 is 0 Å². The van der Waals surface area contributed by atoms with Crippen molar-refractivity contribution in [2.45, 2.75) is 0 Å². The van der Waals surface area contributed by atoms with Crippen LogP contribution in [0.5, 0.6) is 0 Å². The number of allylic oxidation sites excluding steroid dienone is 5. The van der Waals surface area contributed by atoms with Crippen LogP contribution in [-0.2, 0) is 31.1 Å². The van der Waals surface area contributed by atoms with Gasteiger partial charge in [-0.25, -0.2) is 0 Å². The molecule has 0 spiro atoms. The Morgan fingerprint density at radius 2 is 1.57 bits per heavy atom. The number of rotatable bonds is 1. The van der Waals surface area contributed by atoms with E-state index >= 15 is 0 Å². The van der Waals surface area contributed by atoms with Gasteiger partial charge in [-0.1, -0.05) is 24.3 Å². The molecule has 0 N–H and O–H groups in total. The van der Waals surface area contributed by atoms with E-state index in [1.165, 1.54) is 7.11 Å². The maximum atomic E-state index is 10.7. The van der Waals surface area contributed by atoms with Gasteiger partial charge in [0, 0.05) is 17.1 Å². The number of hydrogen-bond donors (Lipinski definition) is 0. The van der Waals surface area contributed by atoms with E-state index in [9.17, 15) is 5.11 Å². The summed E-state index contributed by atoms with van der Waals surface area (Å²) in [5.41, 5.74) is 0.609. The third-order valence-electron chi connectivity index (χ3n) is 1.08. The van der Waals surface area contributed by atoms with Crippen molar-refractivity contribution in [3.05, 3.63) is 49.1 Å². The maximum absolute atomic E-state index is 10.7. The van der Waals surface area contributed by atoms with E-state index in [4.69, 9.17) is 9.30 Å². The summed E-state index contributed by atoms with van der Waals surface area (Å²) in [4.78, 5) is 0. The molecule has 0 unspecified atom stereocenters. The molecule has 0 saturated carbocycles. The van der Waals surface area contributed by atoms with Crippen molar-refractivity contribution in [3.63, 3.8) is 0 Å². The number of hydrogen-bond acceptors (Lipinski definition) is 2. The Bertz CT molecular complexity index is 240. The van der Waals surface area contributed by atoms with Crippen molar-refractivity contribution in [3.8, 4) is 0 Å². The van der Waals surface area contributed by atoms with Crippen LogP contribution >= 0.6 is 0 Å². The van der Waals surface area contributed by atoms with Gasteiger partial charge in [0.1, 0.15) is 0 Å². The molecule has 0 aliphatic heterocycles. The molecule has 0 saturated heterocycles. The molecule has 1 rings (SSSR count). The summed E-state index contributed by atoms with van der Waals surface area (Å²) in [5, 5.41) is 10.7. The summed E-state index contributed by atoms with van der Waals surface area (Å²) in [5.74, 6) is -0.278. The van der Waals surface area contributed by atoms with E-state index in [1.54, 1.807) is 24.3 Å². The normalized spacial score (nSPS) is 9.64. The van der Waals surface area contributed by atoms with Crippen LogP contribution in [0.1, 0.15) is 0 Å². The SMILES string of the molecule is COC([O-])=C1C=CC=C1.[C-]#[O+].[C-]#[O+].[Mn]. The van der Waals surface area contributed by atoms with Gasteiger partial charge in [0.25, 0.3) is 0 Å². The predicted octanol–water partition coefficient (Wildman–Crippen LogP) is 0.253. The van der Waals surface area contributed by atoms with Crippen molar-refractivity contribution in [1.82, 2.24) is 0 Å². The smallest absolute Gasteiger partial charge is 0 e. The molecule has 4 nitrogen and oxygen atoms in total. The molecule has 0 fully saturated rings. The zero-order chi connectivity index (χ0) is 10.7. The van der Waals surface area contributed by atoms with Crippen molar-refractivity contribution in [2.24, 2.45) is 0 Å². The minimum Gasteiger partial charge on any atom is 0 e. The van der Waals surface area contributed by atoms with E-state index in [0.717, 1.165) is 0 Å². The first-order chi connectivity index (χ1) is 6.34. The van der Waals surface area contributed by atoms with Gasteiger partial charge in [-0.3, -0.25) is 0 Å². The molecule has 14 heavy (non-hydrogen) atoms. The van der Waals surface area contributed by atoms with E-state index in [2.05, 4.69) is 18.0 Å². The molecular weight excluding hydrogens is 227 g/mol. The van der Waals surface area contributed by atoms with Crippen LogP contribution in [0.3, 0.4) is 0 Å². The van der Waals surface area contributed by atoms with Crippen LogP contribution < -0.4 is 5.11 Å². The van der Waals surface area contributed by atoms with Crippen LogP contribution in [0.25, 0.3) is 0 Å². The molecule has 1 aliphatic carbocycles. The van der Waals surface area contributed by atoms with Crippen LogP contribution in [0, 0.1) is 13.3 Å². The van der Waals surface area contributed by atoms with Crippen LogP contribution in [0.2, 0.25) is 0 Å². The Balaban J connectivity index is -0.000000216. The quantitative estimate of drug-likeness (QED) is 0.282. The molecule has 0 amide bonds. The molecule has 0 aromatic heterocycles. The second kappa shape index (κ2) is 14.3. The van der Waals surface area contributed by atoms with Gasteiger partial charge in [0.05, 0.1) is 5.95 Å². The van der Waals surface area contributed by atoms with Gasteiger partial charge in [-0.05, 0) is 12.7 Å². The van der Waals surface area contributed by atoms with Crippen LogP contribution in [0.15, 0.2) is 35.8 Å². The maximum Gasteiger partial charge on any atom is 0 e. The summed E-state index contributed by atoms with van der Waals surface area (Å²) in [7, 11) is 1.37.